The minimum Gasteiger partial charge on any atom is -0.376 e. The number of hydrogen-bond donors (Lipinski definition) is 2. The molecule has 0 spiro atoms. The van der Waals surface area contributed by atoms with Gasteiger partial charge in [-0.3, -0.25) is 9.59 Å². The number of benzene rings is 1. The van der Waals surface area contributed by atoms with Crippen molar-refractivity contribution in [2.75, 3.05) is 19.7 Å². The van der Waals surface area contributed by atoms with E-state index in [1.54, 1.807) is 16.8 Å². The third kappa shape index (κ3) is 4.56. The minimum absolute atomic E-state index is 0.0791. The van der Waals surface area contributed by atoms with Gasteiger partial charge in [-0.2, -0.15) is 0 Å². The van der Waals surface area contributed by atoms with E-state index < -0.39 is 0 Å². The van der Waals surface area contributed by atoms with Crippen LogP contribution in [0.4, 0.5) is 0 Å². The first-order valence-electron chi connectivity index (χ1n) is 9.87. The summed E-state index contributed by atoms with van der Waals surface area (Å²) in [6.45, 7) is 5.74. The maximum absolute atomic E-state index is 12.6. The van der Waals surface area contributed by atoms with Crippen LogP contribution < -0.4 is 10.6 Å². The van der Waals surface area contributed by atoms with E-state index in [0.717, 1.165) is 37.3 Å². The molecule has 0 radical (unpaired) electrons. The molecule has 1 saturated heterocycles. The van der Waals surface area contributed by atoms with Gasteiger partial charge in [0.2, 0.25) is 0 Å². The molecule has 8 heteroatoms. The van der Waals surface area contributed by atoms with Crippen molar-refractivity contribution in [3.8, 4) is 5.69 Å². The summed E-state index contributed by atoms with van der Waals surface area (Å²) in [4.78, 5) is 24.5. The molecule has 0 aliphatic carbocycles. The summed E-state index contributed by atoms with van der Waals surface area (Å²) in [5.74, 6) is -0.347. The van der Waals surface area contributed by atoms with Crippen LogP contribution >= 0.6 is 0 Å². The zero-order chi connectivity index (χ0) is 19.9. The third-order valence-electron chi connectivity index (χ3n) is 4.69. The molecule has 2 heterocycles. The fourth-order valence-corrected chi connectivity index (χ4v) is 3.26. The van der Waals surface area contributed by atoms with Crippen molar-refractivity contribution in [2.45, 2.75) is 45.6 Å². The second-order valence-electron chi connectivity index (χ2n) is 6.80. The summed E-state index contributed by atoms with van der Waals surface area (Å²) in [6, 6.07) is 7.11. The van der Waals surface area contributed by atoms with E-state index >= 15 is 0 Å². The maximum atomic E-state index is 12.6. The van der Waals surface area contributed by atoms with Crippen molar-refractivity contribution in [1.29, 1.82) is 0 Å². The van der Waals surface area contributed by atoms with Crippen LogP contribution in [0.1, 0.15) is 59.7 Å². The van der Waals surface area contributed by atoms with Crippen LogP contribution in [-0.2, 0) is 11.2 Å². The molecule has 1 aliphatic rings. The zero-order valence-electron chi connectivity index (χ0n) is 16.4. The highest BCUT2D eigenvalue weighted by atomic mass is 16.5. The Balaban J connectivity index is 1.77. The second-order valence-corrected chi connectivity index (χ2v) is 6.80. The molecule has 2 N–H and O–H groups in total. The van der Waals surface area contributed by atoms with E-state index in [0.29, 0.717) is 30.8 Å². The molecule has 1 aliphatic heterocycles. The topological polar surface area (TPSA) is 98.1 Å². The van der Waals surface area contributed by atoms with E-state index in [1.165, 1.54) is 0 Å². The Labute approximate surface area is 164 Å². The summed E-state index contributed by atoms with van der Waals surface area (Å²) in [5.41, 5.74) is 2.45. The van der Waals surface area contributed by atoms with Gasteiger partial charge in [-0.05, 0) is 50.5 Å². The van der Waals surface area contributed by atoms with Gasteiger partial charge in [-0.25, -0.2) is 4.68 Å². The van der Waals surface area contributed by atoms with Crippen molar-refractivity contribution in [3.05, 3.63) is 41.2 Å². The van der Waals surface area contributed by atoms with Crippen LogP contribution in [0.3, 0.4) is 0 Å². The van der Waals surface area contributed by atoms with Crippen molar-refractivity contribution < 1.29 is 14.3 Å². The fourth-order valence-electron chi connectivity index (χ4n) is 3.26. The molecule has 1 aromatic heterocycles. The van der Waals surface area contributed by atoms with Gasteiger partial charge < -0.3 is 15.4 Å². The predicted octanol–water partition coefficient (Wildman–Crippen LogP) is 1.88. The molecule has 2 amide bonds. The van der Waals surface area contributed by atoms with E-state index in [4.69, 9.17) is 4.74 Å². The number of hydrogen-bond acceptors (Lipinski definition) is 5. The lowest BCUT2D eigenvalue weighted by Crippen LogP contribution is -2.32. The molecule has 1 atom stereocenters. The Morgan fingerprint density at radius 1 is 1.18 bits per heavy atom. The Morgan fingerprint density at radius 3 is 2.61 bits per heavy atom. The first-order chi connectivity index (χ1) is 13.6. The molecule has 28 heavy (non-hydrogen) atoms. The van der Waals surface area contributed by atoms with Gasteiger partial charge in [0.25, 0.3) is 11.8 Å². The molecule has 2 aromatic rings. The Hall–Kier alpha value is -2.74. The highest BCUT2D eigenvalue weighted by Gasteiger charge is 2.22. The van der Waals surface area contributed by atoms with Crippen LogP contribution in [0.25, 0.3) is 5.69 Å². The van der Waals surface area contributed by atoms with E-state index in [-0.39, 0.29) is 17.9 Å². The van der Waals surface area contributed by atoms with Crippen LogP contribution in [0.5, 0.6) is 0 Å². The van der Waals surface area contributed by atoms with Gasteiger partial charge in [0.05, 0.1) is 17.5 Å². The first-order valence-corrected chi connectivity index (χ1v) is 9.87. The number of ether oxygens (including phenoxy) is 1. The van der Waals surface area contributed by atoms with Crippen molar-refractivity contribution >= 4 is 11.8 Å². The fraction of sp³-hybridized carbons (Fsp3) is 0.500. The van der Waals surface area contributed by atoms with Gasteiger partial charge in [0.15, 0.2) is 5.69 Å². The number of rotatable bonds is 8. The Kier molecular flexibility index (Phi) is 6.76. The standard InChI is InChI=1S/C20H27N5O3/c1-3-6-17-18(20(27)22-13-16-7-5-12-28-16)23-24-25(17)15-10-8-14(9-11-15)19(26)21-4-2/h8-11,16H,3-7,12-13H2,1-2H3,(H,21,26)(H,22,27). The zero-order valence-corrected chi connectivity index (χ0v) is 16.4. The average molecular weight is 385 g/mol. The number of nitrogens with zero attached hydrogens (tertiary/aromatic N) is 3. The maximum Gasteiger partial charge on any atom is 0.273 e. The van der Waals surface area contributed by atoms with Crippen LogP contribution in [0.15, 0.2) is 24.3 Å². The van der Waals surface area contributed by atoms with E-state index in [9.17, 15) is 9.59 Å². The highest BCUT2D eigenvalue weighted by Crippen LogP contribution is 2.17. The number of carbonyl (C=O) groups excluding carboxylic acids is 2. The Morgan fingerprint density at radius 2 is 1.96 bits per heavy atom. The number of carbonyl (C=O) groups is 2. The smallest absolute Gasteiger partial charge is 0.273 e. The molecular formula is C20H27N5O3. The van der Waals surface area contributed by atoms with Gasteiger partial charge in [-0.1, -0.05) is 18.6 Å². The Bertz CT molecular complexity index is 810. The van der Waals surface area contributed by atoms with Crippen LogP contribution in [-0.4, -0.2) is 52.6 Å². The molecule has 0 saturated carbocycles. The van der Waals surface area contributed by atoms with Gasteiger partial charge in [-0.15, -0.1) is 5.10 Å². The summed E-state index contributed by atoms with van der Waals surface area (Å²) >= 11 is 0. The van der Waals surface area contributed by atoms with Crippen molar-refractivity contribution in [1.82, 2.24) is 25.6 Å². The molecular weight excluding hydrogens is 358 g/mol. The predicted molar refractivity (Wildman–Crippen MR) is 105 cm³/mol. The van der Waals surface area contributed by atoms with Crippen LogP contribution in [0, 0.1) is 0 Å². The summed E-state index contributed by atoms with van der Waals surface area (Å²) in [5, 5.41) is 14.0. The molecule has 1 aromatic carbocycles. The largest absolute Gasteiger partial charge is 0.376 e. The number of amides is 2. The minimum atomic E-state index is -0.232. The van der Waals surface area contributed by atoms with Crippen molar-refractivity contribution in [3.63, 3.8) is 0 Å². The third-order valence-corrected chi connectivity index (χ3v) is 4.69. The van der Waals surface area contributed by atoms with Gasteiger partial charge in [0.1, 0.15) is 0 Å². The molecule has 3 rings (SSSR count). The van der Waals surface area contributed by atoms with Gasteiger partial charge >= 0.3 is 0 Å². The number of nitrogens with one attached hydrogen (secondary N) is 2. The first kappa shape index (κ1) is 20.0. The van der Waals surface area contributed by atoms with E-state index in [1.807, 2.05) is 26.0 Å². The monoisotopic (exact) mass is 385 g/mol. The summed E-state index contributed by atoms with van der Waals surface area (Å²) < 4.78 is 7.22. The average Bonchev–Trinajstić information content (AvgIpc) is 3.37. The van der Waals surface area contributed by atoms with Crippen molar-refractivity contribution in [2.24, 2.45) is 0 Å². The normalized spacial score (nSPS) is 16.1. The second kappa shape index (κ2) is 9.45. The molecule has 150 valence electrons. The highest BCUT2D eigenvalue weighted by molar-refractivity contribution is 5.94. The van der Waals surface area contributed by atoms with E-state index in [2.05, 4.69) is 20.9 Å². The summed E-state index contributed by atoms with van der Waals surface area (Å²) in [6.07, 6.45) is 3.61. The SMILES string of the molecule is CCCc1c(C(=O)NCC2CCCO2)nnn1-c1ccc(C(=O)NCC)cc1. The molecule has 1 fully saturated rings. The molecule has 1 unspecified atom stereocenters. The molecule has 8 nitrogen and oxygen atoms in total. The van der Waals surface area contributed by atoms with Crippen LogP contribution in [0.2, 0.25) is 0 Å². The summed E-state index contributed by atoms with van der Waals surface area (Å²) in [7, 11) is 0. The lowest BCUT2D eigenvalue weighted by molar-refractivity contribution is 0.0852. The number of aromatic nitrogens is 3. The lowest BCUT2D eigenvalue weighted by Gasteiger charge is -2.11. The van der Waals surface area contributed by atoms with Gasteiger partial charge in [0, 0.05) is 25.3 Å². The molecule has 0 bridgehead atoms. The lowest BCUT2D eigenvalue weighted by atomic mass is 10.1. The quantitative estimate of drug-likeness (QED) is 0.723.